The van der Waals surface area contributed by atoms with Gasteiger partial charge in [-0.2, -0.15) is 0 Å². The van der Waals surface area contributed by atoms with Gasteiger partial charge in [0.05, 0.1) is 0 Å². The summed E-state index contributed by atoms with van der Waals surface area (Å²) < 4.78 is 0. The maximum atomic E-state index is 6.20. The molecule has 18 heavy (non-hydrogen) atoms. The third kappa shape index (κ3) is 2.43. The van der Waals surface area contributed by atoms with Crippen molar-refractivity contribution in [3.8, 4) is 0 Å². The van der Waals surface area contributed by atoms with Gasteiger partial charge in [-0.15, -0.1) is 12.4 Å². The van der Waals surface area contributed by atoms with E-state index in [0.29, 0.717) is 0 Å². The lowest BCUT2D eigenvalue weighted by Gasteiger charge is -2.02. The van der Waals surface area contributed by atoms with Gasteiger partial charge in [-0.25, -0.2) is 0 Å². The fourth-order valence-corrected chi connectivity index (χ4v) is 2.59. The van der Waals surface area contributed by atoms with Crippen LogP contribution in [-0.4, -0.2) is 4.98 Å². The number of hydrogen-bond donors (Lipinski definition) is 0. The van der Waals surface area contributed by atoms with Crippen LogP contribution in [0.2, 0.25) is 5.02 Å². The molecule has 1 nitrogen and oxygen atoms in total. The lowest BCUT2D eigenvalue weighted by Crippen LogP contribution is -1.82. The second-order valence-corrected chi connectivity index (χ2v) is 4.63. The zero-order valence-corrected chi connectivity index (χ0v) is 11.3. The van der Waals surface area contributed by atoms with Crippen LogP contribution in [0.1, 0.15) is 23.1 Å². The van der Waals surface area contributed by atoms with Crippen molar-refractivity contribution in [2.24, 2.45) is 0 Å². The van der Waals surface area contributed by atoms with Gasteiger partial charge in [-0.05, 0) is 53.3 Å². The lowest BCUT2D eigenvalue weighted by molar-refractivity contribution is 1.08. The summed E-state index contributed by atoms with van der Waals surface area (Å²) in [7, 11) is 0. The third-order valence-corrected chi connectivity index (χ3v) is 3.49. The predicted octanol–water partition coefficient (Wildman–Crippen LogP) is 4.64. The Morgan fingerprint density at radius 3 is 2.78 bits per heavy atom. The first-order valence-electron chi connectivity index (χ1n) is 5.73. The number of fused-ring (bicyclic) bond motifs is 1. The smallest absolute Gasteiger partial charge is 0.0444 e. The first-order chi connectivity index (χ1) is 8.34. The van der Waals surface area contributed by atoms with Crippen LogP contribution < -0.4 is 0 Å². The van der Waals surface area contributed by atoms with Gasteiger partial charge in [0, 0.05) is 17.4 Å². The Labute approximate surface area is 118 Å². The molecule has 1 aromatic carbocycles. The summed E-state index contributed by atoms with van der Waals surface area (Å²) in [5, 5.41) is 0.886. The van der Waals surface area contributed by atoms with Gasteiger partial charge in [0.2, 0.25) is 0 Å². The molecule has 1 aliphatic carbocycles. The van der Waals surface area contributed by atoms with E-state index in [4.69, 9.17) is 11.6 Å². The number of benzene rings is 1. The molecule has 0 saturated carbocycles. The average Bonchev–Trinajstić information content (AvgIpc) is 2.76. The average molecular weight is 278 g/mol. The van der Waals surface area contributed by atoms with Crippen LogP contribution in [0, 0.1) is 0 Å². The maximum absolute atomic E-state index is 6.20. The Kier molecular flexibility index (Phi) is 4.05. The number of aromatic nitrogens is 1. The fraction of sp³-hybridized carbons (Fsp3) is 0.133. The molecule has 1 aliphatic rings. The van der Waals surface area contributed by atoms with Crippen LogP contribution >= 0.6 is 24.0 Å². The normalized spacial score (nSPS) is 15.3. The first-order valence-corrected chi connectivity index (χ1v) is 6.11. The van der Waals surface area contributed by atoms with Gasteiger partial charge < -0.3 is 0 Å². The van der Waals surface area contributed by atoms with Crippen LogP contribution in [0.15, 0.2) is 42.7 Å². The van der Waals surface area contributed by atoms with Crippen LogP contribution in [0.5, 0.6) is 0 Å². The minimum Gasteiger partial charge on any atom is -0.264 e. The summed E-state index contributed by atoms with van der Waals surface area (Å²) in [6.07, 6.45) is 7.99. The largest absolute Gasteiger partial charge is 0.264 e. The van der Waals surface area contributed by atoms with Crippen molar-refractivity contribution in [2.45, 2.75) is 12.8 Å². The summed E-state index contributed by atoms with van der Waals surface area (Å²) >= 11 is 6.20. The molecule has 3 heteroatoms. The minimum absolute atomic E-state index is 0. The minimum atomic E-state index is 0. The lowest BCUT2D eigenvalue weighted by atomic mass is 10.1. The van der Waals surface area contributed by atoms with Gasteiger partial charge >= 0.3 is 0 Å². The third-order valence-electron chi connectivity index (χ3n) is 3.13. The van der Waals surface area contributed by atoms with E-state index in [1.807, 2.05) is 24.4 Å². The van der Waals surface area contributed by atoms with Crippen LogP contribution in [0.25, 0.3) is 11.6 Å². The number of hydrogen-bond acceptors (Lipinski definition) is 1. The molecule has 2 aromatic rings. The molecule has 0 bridgehead atoms. The Hall–Kier alpha value is -1.31. The van der Waals surface area contributed by atoms with E-state index in [2.05, 4.69) is 23.2 Å². The molecular weight excluding hydrogens is 265 g/mol. The summed E-state index contributed by atoms with van der Waals surface area (Å²) in [5.74, 6) is 0. The first kappa shape index (κ1) is 13.1. The van der Waals surface area contributed by atoms with Crippen molar-refractivity contribution in [2.75, 3.05) is 0 Å². The second-order valence-electron chi connectivity index (χ2n) is 4.22. The molecule has 0 N–H and O–H groups in total. The molecule has 0 fully saturated rings. The van der Waals surface area contributed by atoms with Crippen molar-refractivity contribution in [3.63, 3.8) is 0 Å². The SMILES string of the molecule is Cl.Clc1cccc2c1CC/C2=C/c1cccnc1. The molecule has 0 aliphatic heterocycles. The Balaban J connectivity index is 0.00000120. The molecule has 1 aromatic heterocycles. The monoisotopic (exact) mass is 277 g/mol. The standard InChI is InChI=1S/C15H12ClN.ClH/c16-15-5-1-4-13-12(6-7-14(13)15)9-11-3-2-8-17-10-11;/h1-5,8-10H,6-7H2;1H/b12-9-;. The zero-order chi connectivity index (χ0) is 11.7. The Morgan fingerprint density at radius 1 is 1.11 bits per heavy atom. The van der Waals surface area contributed by atoms with E-state index in [9.17, 15) is 0 Å². The van der Waals surface area contributed by atoms with Crippen LogP contribution in [0.3, 0.4) is 0 Å². The van der Waals surface area contributed by atoms with Gasteiger partial charge in [0.25, 0.3) is 0 Å². The topological polar surface area (TPSA) is 12.9 Å². The van der Waals surface area contributed by atoms with Gasteiger partial charge in [0.15, 0.2) is 0 Å². The predicted molar refractivity (Wildman–Crippen MR) is 79.1 cm³/mol. The Morgan fingerprint density at radius 2 is 2.00 bits per heavy atom. The van der Waals surface area contributed by atoms with Crippen molar-refractivity contribution in [3.05, 3.63) is 64.4 Å². The molecule has 0 saturated heterocycles. The fourth-order valence-electron chi connectivity index (χ4n) is 2.32. The van der Waals surface area contributed by atoms with Crippen molar-refractivity contribution < 1.29 is 0 Å². The quantitative estimate of drug-likeness (QED) is 0.740. The molecule has 3 rings (SSSR count). The zero-order valence-electron chi connectivity index (χ0n) is 9.77. The second kappa shape index (κ2) is 5.55. The van der Waals surface area contributed by atoms with E-state index in [1.54, 1.807) is 6.20 Å². The van der Waals surface area contributed by atoms with E-state index in [0.717, 1.165) is 23.4 Å². The molecule has 0 spiro atoms. The number of allylic oxidation sites excluding steroid dienone is 1. The van der Waals surface area contributed by atoms with Crippen molar-refractivity contribution >= 4 is 35.7 Å². The number of nitrogens with zero attached hydrogens (tertiary/aromatic N) is 1. The molecular formula is C15H13Cl2N. The molecule has 1 heterocycles. The molecule has 0 atom stereocenters. The number of rotatable bonds is 1. The van der Waals surface area contributed by atoms with Crippen molar-refractivity contribution in [1.82, 2.24) is 4.98 Å². The highest BCUT2D eigenvalue weighted by Crippen LogP contribution is 2.37. The highest BCUT2D eigenvalue weighted by Gasteiger charge is 2.17. The summed E-state index contributed by atoms with van der Waals surface area (Å²) in [6, 6.07) is 10.2. The van der Waals surface area contributed by atoms with Crippen LogP contribution in [-0.2, 0) is 6.42 Å². The highest BCUT2D eigenvalue weighted by molar-refractivity contribution is 6.31. The molecule has 0 amide bonds. The maximum Gasteiger partial charge on any atom is 0.0444 e. The van der Waals surface area contributed by atoms with Gasteiger partial charge in [-0.3, -0.25) is 4.98 Å². The molecule has 92 valence electrons. The van der Waals surface area contributed by atoms with E-state index < -0.39 is 0 Å². The van der Waals surface area contributed by atoms with Crippen molar-refractivity contribution in [1.29, 1.82) is 0 Å². The summed E-state index contributed by atoms with van der Waals surface area (Å²) in [5.41, 5.74) is 5.08. The number of halogens is 2. The van der Waals surface area contributed by atoms with E-state index in [1.165, 1.54) is 16.7 Å². The van der Waals surface area contributed by atoms with E-state index in [-0.39, 0.29) is 12.4 Å². The Bertz CT molecular complexity index is 576. The van der Waals surface area contributed by atoms with Gasteiger partial charge in [-0.1, -0.05) is 29.8 Å². The number of pyridine rings is 1. The van der Waals surface area contributed by atoms with Crippen LogP contribution in [0.4, 0.5) is 0 Å². The summed E-state index contributed by atoms with van der Waals surface area (Å²) in [6.45, 7) is 0. The summed E-state index contributed by atoms with van der Waals surface area (Å²) in [4.78, 5) is 4.13. The molecule has 0 unspecified atom stereocenters. The van der Waals surface area contributed by atoms with Gasteiger partial charge in [0.1, 0.15) is 0 Å². The molecule has 0 radical (unpaired) electrons. The highest BCUT2D eigenvalue weighted by atomic mass is 35.5. The van der Waals surface area contributed by atoms with E-state index >= 15 is 0 Å².